The Morgan fingerprint density at radius 2 is 1.94 bits per heavy atom. The summed E-state index contributed by atoms with van der Waals surface area (Å²) in [6, 6.07) is 7.34. The Kier molecular flexibility index (Phi) is 9.63. The number of benzene rings is 1. The quantitative estimate of drug-likeness (QED) is 0.313. The van der Waals surface area contributed by atoms with E-state index < -0.39 is 43.5 Å². The van der Waals surface area contributed by atoms with E-state index in [2.05, 4.69) is 10.1 Å². The fourth-order valence-corrected chi connectivity index (χ4v) is 4.83. The van der Waals surface area contributed by atoms with E-state index in [-0.39, 0.29) is 25.1 Å². The highest BCUT2D eigenvalue weighted by atomic mass is 31.2. The fourth-order valence-electron chi connectivity index (χ4n) is 3.36. The molecule has 3 rings (SSSR count). The number of rotatable bonds is 12. The third kappa shape index (κ3) is 7.37. The molecule has 13 heteroatoms. The molecule has 1 aliphatic rings. The number of carbonyl (C=O) groups is 1. The number of hydrogen-bond acceptors (Lipinski definition) is 9. The van der Waals surface area contributed by atoms with Crippen molar-refractivity contribution in [3.63, 3.8) is 0 Å². The molecule has 1 fully saturated rings. The van der Waals surface area contributed by atoms with Gasteiger partial charge in [0.2, 0.25) is 0 Å². The summed E-state index contributed by atoms with van der Waals surface area (Å²) in [5, 5.41) is 2.62. The molecule has 1 aromatic heterocycles. The summed E-state index contributed by atoms with van der Waals surface area (Å²) < 4.78 is 42.6. The number of esters is 1. The van der Waals surface area contributed by atoms with Crippen LogP contribution in [-0.4, -0.2) is 47.2 Å². The lowest BCUT2D eigenvalue weighted by molar-refractivity contribution is -0.151. The lowest BCUT2D eigenvalue weighted by Crippen LogP contribution is -2.37. The third-order valence-electron chi connectivity index (χ3n) is 5.44. The van der Waals surface area contributed by atoms with E-state index in [0.29, 0.717) is 18.4 Å². The number of carbonyl (C=O) groups excluding carboxylic acids is 1. The van der Waals surface area contributed by atoms with E-state index in [0.717, 1.165) is 0 Å². The smallest absolute Gasteiger partial charge is 0.459 e. The number of nitrogens with one attached hydrogen (secondary N) is 2. The summed E-state index contributed by atoms with van der Waals surface area (Å²) in [5.41, 5.74) is -0.806. The average Bonchev–Trinajstić information content (AvgIpc) is 3.32. The molecule has 0 radical (unpaired) electrons. The Bertz CT molecular complexity index is 1180. The molecule has 0 amide bonds. The first kappa shape index (κ1) is 27.8. The van der Waals surface area contributed by atoms with Crippen molar-refractivity contribution in [3.8, 4) is 5.75 Å². The summed E-state index contributed by atoms with van der Waals surface area (Å²) >= 11 is 0. The molecule has 0 aliphatic carbocycles. The van der Waals surface area contributed by atoms with E-state index in [1.165, 1.54) is 17.7 Å². The largest absolute Gasteiger partial charge is 0.461 e. The molecule has 2 N–H and O–H groups in total. The predicted molar refractivity (Wildman–Crippen MR) is 130 cm³/mol. The lowest BCUT2D eigenvalue weighted by Gasteiger charge is -2.25. The standard InChI is InChI=1S/C23H32N3O9P/c1-5-17(6-2)33-22(28)16(4)25-36(30,35-18-10-8-7-9-11-18)32-14-20-31-13-19(34-20)26-12-15(3)21(27)24-23(26)29/h7-12,16-17,19-20H,5-6,13-14H2,1-4H3,(H,25,30)(H,24,27,29)/t16?,19-,20-,36?/m1/s1. The minimum Gasteiger partial charge on any atom is -0.461 e. The number of nitrogens with zero attached hydrogens (tertiary/aromatic N) is 1. The molecule has 2 unspecified atom stereocenters. The van der Waals surface area contributed by atoms with Crippen molar-refractivity contribution >= 4 is 13.7 Å². The maximum atomic E-state index is 13.6. The Hall–Kier alpha value is -2.76. The van der Waals surface area contributed by atoms with Crippen LogP contribution in [0.2, 0.25) is 0 Å². The van der Waals surface area contributed by atoms with Gasteiger partial charge in [-0.3, -0.25) is 23.7 Å². The van der Waals surface area contributed by atoms with E-state index in [4.69, 9.17) is 23.3 Å². The van der Waals surface area contributed by atoms with Gasteiger partial charge in [-0.25, -0.2) is 9.36 Å². The summed E-state index contributed by atoms with van der Waals surface area (Å²) in [6.07, 6.45) is 0.608. The van der Waals surface area contributed by atoms with Crippen molar-refractivity contribution in [1.29, 1.82) is 0 Å². The van der Waals surface area contributed by atoms with E-state index in [9.17, 15) is 18.9 Å². The first-order chi connectivity index (χ1) is 17.1. The topological polar surface area (TPSA) is 147 Å². The van der Waals surface area contributed by atoms with Crippen LogP contribution in [0.3, 0.4) is 0 Å². The molecule has 0 bridgehead atoms. The van der Waals surface area contributed by atoms with Crippen molar-refractivity contribution < 1.29 is 32.6 Å². The monoisotopic (exact) mass is 525 g/mol. The van der Waals surface area contributed by atoms with Crippen LogP contribution >= 0.6 is 7.75 Å². The zero-order valence-corrected chi connectivity index (χ0v) is 21.6. The van der Waals surface area contributed by atoms with Crippen LogP contribution in [0.25, 0.3) is 0 Å². The van der Waals surface area contributed by atoms with Gasteiger partial charge in [0.15, 0.2) is 12.5 Å². The van der Waals surface area contributed by atoms with Gasteiger partial charge in [0.25, 0.3) is 5.56 Å². The van der Waals surface area contributed by atoms with Crippen molar-refractivity contribution in [2.45, 2.75) is 65.2 Å². The van der Waals surface area contributed by atoms with Gasteiger partial charge in [-0.05, 0) is 38.8 Å². The Labute approximate surface area is 208 Å². The van der Waals surface area contributed by atoms with Crippen LogP contribution in [0.4, 0.5) is 0 Å². The number of H-pyrrole nitrogens is 1. The van der Waals surface area contributed by atoms with Crippen molar-refractivity contribution in [3.05, 3.63) is 62.9 Å². The highest BCUT2D eigenvalue weighted by molar-refractivity contribution is 7.52. The minimum absolute atomic E-state index is 0.00512. The van der Waals surface area contributed by atoms with Gasteiger partial charge in [-0.1, -0.05) is 32.0 Å². The molecule has 198 valence electrons. The normalized spacial score (nSPS) is 20.1. The molecular formula is C23H32N3O9P. The van der Waals surface area contributed by atoms with Gasteiger partial charge < -0.3 is 18.7 Å². The number of ether oxygens (including phenoxy) is 3. The molecule has 1 aliphatic heterocycles. The molecule has 1 aromatic carbocycles. The van der Waals surface area contributed by atoms with Crippen molar-refractivity contribution in [1.82, 2.24) is 14.6 Å². The number of aromatic nitrogens is 2. The predicted octanol–water partition coefficient (Wildman–Crippen LogP) is 2.63. The van der Waals surface area contributed by atoms with Gasteiger partial charge in [-0.15, -0.1) is 0 Å². The van der Waals surface area contributed by atoms with Crippen LogP contribution in [-0.2, 0) is 28.1 Å². The molecule has 0 spiro atoms. The van der Waals surface area contributed by atoms with Gasteiger partial charge >= 0.3 is 19.4 Å². The number of para-hydroxylation sites is 1. The van der Waals surface area contributed by atoms with Gasteiger partial charge in [0.1, 0.15) is 24.5 Å². The van der Waals surface area contributed by atoms with E-state index in [1.807, 2.05) is 13.8 Å². The zero-order chi connectivity index (χ0) is 26.3. The van der Waals surface area contributed by atoms with Crippen LogP contribution in [0.5, 0.6) is 5.75 Å². The highest BCUT2D eigenvalue weighted by Crippen LogP contribution is 2.45. The molecular weight excluding hydrogens is 493 g/mol. The maximum Gasteiger partial charge on any atom is 0.459 e. The number of aromatic amines is 1. The van der Waals surface area contributed by atoms with Gasteiger partial charge in [0.05, 0.1) is 6.61 Å². The highest BCUT2D eigenvalue weighted by Gasteiger charge is 2.36. The lowest BCUT2D eigenvalue weighted by atomic mass is 10.2. The maximum absolute atomic E-state index is 13.6. The second-order valence-corrected chi connectivity index (χ2v) is 9.95. The molecule has 4 atom stereocenters. The number of hydrogen-bond donors (Lipinski definition) is 2. The molecule has 2 aromatic rings. The first-order valence-electron chi connectivity index (χ1n) is 11.7. The summed E-state index contributed by atoms with van der Waals surface area (Å²) in [6.45, 7) is 6.53. The second kappa shape index (κ2) is 12.5. The van der Waals surface area contributed by atoms with E-state index >= 15 is 0 Å². The molecule has 12 nitrogen and oxygen atoms in total. The van der Waals surface area contributed by atoms with Crippen molar-refractivity contribution in [2.24, 2.45) is 0 Å². The third-order valence-corrected chi connectivity index (χ3v) is 7.08. The van der Waals surface area contributed by atoms with Crippen LogP contribution in [0, 0.1) is 6.92 Å². The van der Waals surface area contributed by atoms with Gasteiger partial charge in [-0.2, -0.15) is 5.09 Å². The number of aryl methyl sites for hydroxylation is 1. The van der Waals surface area contributed by atoms with Crippen LogP contribution < -0.4 is 20.9 Å². The Morgan fingerprint density at radius 1 is 1.25 bits per heavy atom. The summed E-state index contributed by atoms with van der Waals surface area (Å²) in [7, 11) is -4.11. The van der Waals surface area contributed by atoms with Crippen LogP contribution in [0.15, 0.2) is 46.1 Å². The summed E-state index contributed by atoms with van der Waals surface area (Å²) in [5.74, 6) is -0.333. The zero-order valence-electron chi connectivity index (χ0n) is 20.7. The molecule has 1 saturated heterocycles. The average molecular weight is 525 g/mol. The van der Waals surface area contributed by atoms with Crippen LogP contribution in [0.1, 0.15) is 45.4 Å². The van der Waals surface area contributed by atoms with Gasteiger partial charge in [0, 0.05) is 11.8 Å². The first-order valence-corrected chi connectivity index (χ1v) is 13.2. The van der Waals surface area contributed by atoms with E-state index in [1.54, 1.807) is 37.3 Å². The Morgan fingerprint density at radius 3 is 2.61 bits per heavy atom. The van der Waals surface area contributed by atoms with Crippen molar-refractivity contribution in [2.75, 3.05) is 13.2 Å². The SMILES string of the molecule is CCC(CC)OC(=O)C(C)NP(=O)(OC[C@@H]1OC[C@H](n2cc(C)c(=O)[nH]c2=O)O1)Oc1ccccc1. The minimum atomic E-state index is -4.11. The Balaban J connectivity index is 1.68. The molecule has 36 heavy (non-hydrogen) atoms. The summed E-state index contributed by atoms with van der Waals surface area (Å²) in [4.78, 5) is 38.5. The molecule has 0 saturated carbocycles. The second-order valence-electron chi connectivity index (χ2n) is 8.26. The fraction of sp³-hybridized carbons (Fsp3) is 0.522. The molecule has 2 heterocycles.